The van der Waals surface area contributed by atoms with Gasteiger partial charge in [-0.1, -0.05) is 12.1 Å². The molecule has 1 N–H and O–H groups in total. The Kier molecular flexibility index (Phi) is 1.39. The van der Waals surface area contributed by atoms with Crippen molar-refractivity contribution in [2.45, 2.75) is 6.42 Å². The van der Waals surface area contributed by atoms with E-state index in [9.17, 15) is 10.0 Å². The Morgan fingerprint density at radius 2 is 2.25 bits per heavy atom. The molecular weight excluding hydrogens is 158 g/mol. The molecule has 0 fully saturated rings. The summed E-state index contributed by atoms with van der Waals surface area (Å²) in [6.07, 6.45) is 0.255. The zero-order valence-electron chi connectivity index (χ0n) is 6.15. The third kappa shape index (κ3) is 0.823. The van der Waals surface area contributed by atoms with Crippen molar-refractivity contribution in [3.63, 3.8) is 0 Å². The number of Topliss-reactive ketones (excluding diaryl/α,β-unsaturated/α-hetero) is 1. The normalized spacial score (nSPS) is 13.7. The average Bonchev–Trinajstić information content (AvgIpc) is 2.02. The van der Waals surface area contributed by atoms with E-state index in [4.69, 9.17) is 5.21 Å². The molecule has 4 heteroatoms. The molecule has 1 aromatic rings. The Bertz CT molecular complexity index is 346. The average molecular weight is 164 g/mol. The first-order valence-electron chi connectivity index (χ1n) is 3.51. The van der Waals surface area contributed by atoms with Crippen LogP contribution in [0.3, 0.4) is 0 Å². The van der Waals surface area contributed by atoms with Gasteiger partial charge in [-0.25, -0.2) is 0 Å². The fraction of sp³-hybridized carbons (Fsp3) is 0.125. The molecule has 4 nitrogen and oxygen atoms in total. The summed E-state index contributed by atoms with van der Waals surface area (Å²) < 4.78 is 0. The molecule has 0 unspecified atom stereocenters. The fourth-order valence-corrected chi connectivity index (χ4v) is 1.35. The highest BCUT2D eigenvalue weighted by Crippen LogP contribution is 2.31. The molecule has 1 aliphatic rings. The number of benzene rings is 1. The summed E-state index contributed by atoms with van der Waals surface area (Å²) in [4.78, 5) is 10.9. The summed E-state index contributed by atoms with van der Waals surface area (Å²) >= 11 is 0. The second-order valence-electron chi connectivity index (χ2n) is 2.68. The molecular formula is C8H6NO3-. The summed E-state index contributed by atoms with van der Waals surface area (Å²) in [5, 5.41) is 18.9. The molecule has 2 rings (SSSR count). The van der Waals surface area contributed by atoms with Gasteiger partial charge in [-0.05, 0) is 11.6 Å². The van der Waals surface area contributed by atoms with E-state index in [0.29, 0.717) is 11.1 Å². The highest BCUT2D eigenvalue weighted by molar-refractivity contribution is 6.08. The second-order valence-corrected chi connectivity index (χ2v) is 2.68. The molecule has 62 valence electrons. The number of ketones is 1. The van der Waals surface area contributed by atoms with Crippen molar-refractivity contribution >= 4 is 11.5 Å². The first-order valence-corrected chi connectivity index (χ1v) is 3.51. The molecule has 0 aliphatic heterocycles. The van der Waals surface area contributed by atoms with Crippen LogP contribution in [0.2, 0.25) is 0 Å². The van der Waals surface area contributed by atoms with Crippen LogP contribution in [-0.2, 0) is 6.42 Å². The molecule has 0 bridgehead atoms. The van der Waals surface area contributed by atoms with E-state index in [2.05, 4.69) is 0 Å². The van der Waals surface area contributed by atoms with E-state index < -0.39 is 0 Å². The maximum atomic E-state index is 10.9. The highest BCUT2D eigenvalue weighted by atomic mass is 16.8. The largest absolute Gasteiger partial charge is 0.733 e. The zero-order valence-corrected chi connectivity index (χ0v) is 6.15. The van der Waals surface area contributed by atoms with Gasteiger partial charge in [-0.3, -0.25) is 10.0 Å². The lowest BCUT2D eigenvalue weighted by atomic mass is 9.86. The van der Waals surface area contributed by atoms with Gasteiger partial charge in [0, 0.05) is 12.0 Å². The van der Waals surface area contributed by atoms with Gasteiger partial charge in [0.25, 0.3) is 0 Å². The van der Waals surface area contributed by atoms with Crippen molar-refractivity contribution in [2.75, 3.05) is 5.23 Å². The molecule has 1 aromatic carbocycles. The first kappa shape index (κ1) is 7.27. The molecule has 1 aliphatic carbocycles. The molecule has 0 atom stereocenters. The quantitative estimate of drug-likeness (QED) is 0.631. The van der Waals surface area contributed by atoms with Gasteiger partial charge < -0.3 is 10.4 Å². The minimum Gasteiger partial charge on any atom is -0.733 e. The van der Waals surface area contributed by atoms with Crippen LogP contribution in [0.25, 0.3) is 0 Å². The van der Waals surface area contributed by atoms with E-state index in [-0.39, 0.29) is 23.1 Å². The second kappa shape index (κ2) is 2.30. The number of carbonyl (C=O) groups is 1. The van der Waals surface area contributed by atoms with Gasteiger partial charge in [0.05, 0.1) is 5.69 Å². The molecule has 0 saturated carbocycles. The van der Waals surface area contributed by atoms with E-state index in [1.807, 2.05) is 0 Å². The molecule has 0 aromatic heterocycles. The Hall–Kier alpha value is -1.39. The minimum absolute atomic E-state index is 0.0219. The van der Waals surface area contributed by atoms with Crippen LogP contribution in [0.4, 0.5) is 5.69 Å². The lowest BCUT2D eigenvalue weighted by molar-refractivity contribution is 0.0968. The van der Waals surface area contributed by atoms with Crippen molar-refractivity contribution in [3.05, 3.63) is 34.5 Å². The van der Waals surface area contributed by atoms with Crippen LogP contribution in [0, 0.1) is 5.21 Å². The molecule has 0 spiro atoms. The predicted molar refractivity (Wildman–Crippen MR) is 42.1 cm³/mol. The monoisotopic (exact) mass is 164 g/mol. The topological polar surface area (TPSA) is 63.6 Å². The van der Waals surface area contributed by atoms with Crippen LogP contribution in [0.5, 0.6) is 0 Å². The van der Waals surface area contributed by atoms with Crippen molar-refractivity contribution in [2.24, 2.45) is 0 Å². The van der Waals surface area contributed by atoms with Crippen LogP contribution >= 0.6 is 0 Å². The summed E-state index contributed by atoms with van der Waals surface area (Å²) in [5.74, 6) is 0.0219. The van der Waals surface area contributed by atoms with Crippen molar-refractivity contribution in [3.8, 4) is 0 Å². The number of rotatable bonds is 1. The standard InChI is InChI=1S/C8H6NO3/c10-8-4-6-5(8)2-1-3-7(6)9(11)12/h1-3,11H,4H2/q-1. The van der Waals surface area contributed by atoms with Gasteiger partial charge in [0.15, 0.2) is 5.78 Å². The summed E-state index contributed by atoms with van der Waals surface area (Å²) in [5.41, 5.74) is 1.36. The third-order valence-electron chi connectivity index (χ3n) is 2.00. The highest BCUT2D eigenvalue weighted by Gasteiger charge is 2.25. The lowest BCUT2D eigenvalue weighted by Crippen LogP contribution is -2.23. The molecule has 0 amide bonds. The Labute approximate surface area is 68.6 Å². The minimum atomic E-state index is -0.203. The van der Waals surface area contributed by atoms with E-state index in [1.54, 1.807) is 12.1 Å². The van der Waals surface area contributed by atoms with Crippen molar-refractivity contribution in [1.29, 1.82) is 0 Å². The first-order chi connectivity index (χ1) is 5.70. The van der Waals surface area contributed by atoms with Gasteiger partial charge >= 0.3 is 0 Å². The molecule has 12 heavy (non-hydrogen) atoms. The zero-order chi connectivity index (χ0) is 8.72. The number of anilines is 1. The maximum absolute atomic E-state index is 10.9. The van der Waals surface area contributed by atoms with E-state index in [0.717, 1.165) is 0 Å². The summed E-state index contributed by atoms with van der Waals surface area (Å²) in [6.45, 7) is 0. The maximum Gasteiger partial charge on any atom is 0.167 e. The van der Waals surface area contributed by atoms with Crippen LogP contribution in [-0.4, -0.2) is 11.0 Å². The summed E-state index contributed by atoms with van der Waals surface area (Å²) in [7, 11) is 0. The van der Waals surface area contributed by atoms with E-state index >= 15 is 0 Å². The van der Waals surface area contributed by atoms with E-state index in [1.165, 1.54) is 6.07 Å². The van der Waals surface area contributed by atoms with Gasteiger partial charge in [-0.15, -0.1) is 0 Å². The Morgan fingerprint density at radius 3 is 2.83 bits per heavy atom. The van der Waals surface area contributed by atoms with Crippen molar-refractivity contribution in [1.82, 2.24) is 0 Å². The predicted octanol–water partition coefficient (Wildman–Crippen LogP) is 1.12. The SMILES string of the molecule is O=C1Cc2c1cccc2N([O-])O. The molecule has 0 saturated heterocycles. The van der Waals surface area contributed by atoms with Crippen LogP contribution < -0.4 is 5.23 Å². The molecule has 0 radical (unpaired) electrons. The molecule has 0 heterocycles. The van der Waals surface area contributed by atoms with Gasteiger partial charge in [0.1, 0.15) is 0 Å². The Balaban J connectivity index is 2.53. The number of hydrogen-bond donors (Lipinski definition) is 1. The summed E-state index contributed by atoms with van der Waals surface area (Å²) in [6, 6.07) is 4.71. The van der Waals surface area contributed by atoms with Gasteiger partial charge in [0.2, 0.25) is 0 Å². The number of fused-ring (bicyclic) bond motifs is 1. The number of nitrogens with zero attached hydrogens (tertiary/aromatic N) is 1. The van der Waals surface area contributed by atoms with Crippen molar-refractivity contribution < 1.29 is 10.0 Å². The Morgan fingerprint density at radius 1 is 1.50 bits per heavy atom. The fourth-order valence-electron chi connectivity index (χ4n) is 1.35. The van der Waals surface area contributed by atoms with Crippen LogP contribution in [0.15, 0.2) is 18.2 Å². The van der Waals surface area contributed by atoms with Crippen LogP contribution in [0.1, 0.15) is 15.9 Å². The smallest absolute Gasteiger partial charge is 0.167 e. The number of carbonyl (C=O) groups excluding carboxylic acids is 1. The number of hydrogen-bond acceptors (Lipinski definition) is 4. The lowest BCUT2D eigenvalue weighted by Gasteiger charge is -2.29. The van der Waals surface area contributed by atoms with Gasteiger partial charge in [-0.2, -0.15) is 0 Å². The third-order valence-corrected chi connectivity index (χ3v) is 2.00.